The topological polar surface area (TPSA) is 87.7 Å². The molecule has 0 bridgehead atoms. The van der Waals surface area contributed by atoms with Gasteiger partial charge in [-0.2, -0.15) is 0 Å². The molecule has 1 aliphatic rings. The molecule has 7 heteroatoms. The summed E-state index contributed by atoms with van der Waals surface area (Å²) in [6, 6.07) is 5.30. The van der Waals surface area contributed by atoms with Crippen molar-refractivity contribution in [2.45, 2.75) is 97.5 Å². The molecule has 0 spiro atoms. The van der Waals surface area contributed by atoms with Gasteiger partial charge < -0.3 is 20.3 Å². The molecule has 7 nitrogen and oxygen atoms in total. The molecule has 0 heterocycles. The first-order valence-corrected chi connectivity index (χ1v) is 12.1. The van der Waals surface area contributed by atoms with E-state index in [1.54, 1.807) is 49.9 Å². The molecule has 0 aromatic heterocycles. The van der Waals surface area contributed by atoms with Crippen molar-refractivity contribution in [2.24, 2.45) is 5.92 Å². The fraction of sp³-hybridized carbons (Fsp3) is 0.593. The van der Waals surface area contributed by atoms with Crippen LogP contribution < -0.4 is 10.6 Å². The van der Waals surface area contributed by atoms with E-state index >= 15 is 0 Å². The Bertz CT molecular complexity index is 907. The molecular weight excluding hydrogens is 430 g/mol. The van der Waals surface area contributed by atoms with Crippen molar-refractivity contribution in [3.05, 3.63) is 35.4 Å². The number of carbonyl (C=O) groups excluding carboxylic acids is 3. The molecule has 0 saturated heterocycles. The number of ether oxygens (including phenoxy) is 1. The van der Waals surface area contributed by atoms with Crippen molar-refractivity contribution in [1.82, 2.24) is 15.5 Å². The fourth-order valence-electron chi connectivity index (χ4n) is 3.71. The van der Waals surface area contributed by atoms with Gasteiger partial charge in [0.1, 0.15) is 17.7 Å². The summed E-state index contributed by atoms with van der Waals surface area (Å²) >= 11 is 0. The van der Waals surface area contributed by atoms with Crippen molar-refractivity contribution in [2.75, 3.05) is 0 Å². The minimum absolute atomic E-state index is 0.0743. The summed E-state index contributed by atoms with van der Waals surface area (Å²) in [5.74, 6) is 1.88. The molecule has 1 fully saturated rings. The van der Waals surface area contributed by atoms with E-state index in [0.29, 0.717) is 17.5 Å². The third-order valence-corrected chi connectivity index (χ3v) is 5.70. The monoisotopic (exact) mass is 469 g/mol. The molecule has 2 N–H and O–H groups in total. The van der Waals surface area contributed by atoms with Crippen molar-refractivity contribution < 1.29 is 19.1 Å². The van der Waals surface area contributed by atoms with Gasteiger partial charge in [-0.25, -0.2) is 4.79 Å². The zero-order valence-corrected chi connectivity index (χ0v) is 21.5. The maximum absolute atomic E-state index is 14.0. The molecule has 1 aliphatic carbocycles. The van der Waals surface area contributed by atoms with Gasteiger partial charge in [-0.3, -0.25) is 9.59 Å². The second kappa shape index (κ2) is 11.4. The fourth-order valence-corrected chi connectivity index (χ4v) is 3.71. The summed E-state index contributed by atoms with van der Waals surface area (Å²) in [6.07, 6.45) is 7.13. The van der Waals surface area contributed by atoms with E-state index < -0.39 is 23.8 Å². The van der Waals surface area contributed by atoms with Crippen LogP contribution in [0.3, 0.4) is 0 Å². The Morgan fingerprint density at radius 3 is 2.15 bits per heavy atom. The molecule has 186 valence electrons. The van der Waals surface area contributed by atoms with Gasteiger partial charge in [-0.05, 0) is 71.1 Å². The van der Waals surface area contributed by atoms with E-state index in [9.17, 15) is 14.4 Å². The van der Waals surface area contributed by atoms with Crippen molar-refractivity contribution in [1.29, 1.82) is 0 Å². The molecule has 0 radical (unpaired) electrons. The first-order valence-electron chi connectivity index (χ1n) is 12.1. The summed E-state index contributed by atoms with van der Waals surface area (Å²) in [4.78, 5) is 41.6. The van der Waals surface area contributed by atoms with Gasteiger partial charge >= 0.3 is 6.09 Å². The Labute approximate surface area is 204 Å². The molecule has 1 saturated carbocycles. The standard InChI is InChI=1S/C27H39N3O4/c1-9-18(5)22(29-26(33)34-27(6,7)8)25(32)30(21-15-16-21)23(24(31)28-17(3)4)20-13-11-19(10-2)12-14-20/h2,11-14,17-18,21-23H,9,15-16H2,1,3-8H3,(H,28,31)(H,29,33). The number of terminal acetylenes is 1. The molecule has 1 aromatic carbocycles. The lowest BCUT2D eigenvalue weighted by Crippen LogP contribution is -2.56. The van der Waals surface area contributed by atoms with Gasteiger partial charge in [0.2, 0.25) is 11.8 Å². The highest BCUT2D eigenvalue weighted by Gasteiger charge is 2.45. The van der Waals surface area contributed by atoms with Crippen molar-refractivity contribution >= 4 is 17.9 Å². The molecule has 2 rings (SSSR count). The van der Waals surface area contributed by atoms with E-state index in [-0.39, 0.29) is 29.8 Å². The lowest BCUT2D eigenvalue weighted by molar-refractivity contribution is -0.144. The third kappa shape index (κ3) is 7.51. The minimum Gasteiger partial charge on any atom is -0.444 e. The van der Waals surface area contributed by atoms with Gasteiger partial charge in [-0.15, -0.1) is 6.42 Å². The predicted molar refractivity (Wildman–Crippen MR) is 133 cm³/mol. The van der Waals surface area contributed by atoms with Crippen molar-refractivity contribution in [3.8, 4) is 12.3 Å². The average Bonchev–Trinajstić information content (AvgIpc) is 3.58. The SMILES string of the molecule is C#Cc1ccc(C(C(=O)NC(C)C)N(C(=O)C(NC(=O)OC(C)(C)C)C(C)CC)C2CC2)cc1. The number of benzene rings is 1. The van der Waals surface area contributed by atoms with E-state index in [2.05, 4.69) is 16.6 Å². The zero-order chi connectivity index (χ0) is 25.6. The first-order chi connectivity index (χ1) is 15.9. The minimum atomic E-state index is -0.832. The van der Waals surface area contributed by atoms with Gasteiger partial charge in [0, 0.05) is 17.6 Å². The highest BCUT2D eigenvalue weighted by molar-refractivity contribution is 5.92. The molecule has 34 heavy (non-hydrogen) atoms. The van der Waals surface area contributed by atoms with E-state index in [4.69, 9.17) is 11.2 Å². The molecule has 3 amide bonds. The van der Waals surface area contributed by atoms with Crippen LogP contribution in [0.1, 0.15) is 84.9 Å². The molecular formula is C27H39N3O4. The molecule has 0 aliphatic heterocycles. The Morgan fingerprint density at radius 1 is 1.12 bits per heavy atom. The van der Waals surface area contributed by atoms with Crippen LogP contribution in [0, 0.1) is 18.3 Å². The van der Waals surface area contributed by atoms with Crippen LogP contribution in [-0.2, 0) is 14.3 Å². The normalized spacial score (nSPS) is 16.1. The van der Waals surface area contributed by atoms with Crippen LogP contribution in [0.25, 0.3) is 0 Å². The number of hydrogen-bond donors (Lipinski definition) is 2. The van der Waals surface area contributed by atoms with Crippen molar-refractivity contribution in [3.63, 3.8) is 0 Å². The second-order valence-corrected chi connectivity index (χ2v) is 10.3. The van der Waals surface area contributed by atoms with E-state index in [1.807, 2.05) is 27.7 Å². The first kappa shape index (κ1) is 27.2. The predicted octanol–water partition coefficient (Wildman–Crippen LogP) is 4.16. The highest BCUT2D eigenvalue weighted by atomic mass is 16.6. The molecule has 1 aromatic rings. The number of rotatable bonds is 9. The van der Waals surface area contributed by atoms with Gasteiger partial charge in [0.05, 0.1) is 0 Å². The van der Waals surface area contributed by atoms with Gasteiger partial charge in [0.25, 0.3) is 0 Å². The second-order valence-electron chi connectivity index (χ2n) is 10.3. The van der Waals surface area contributed by atoms with Crippen LogP contribution in [0.2, 0.25) is 0 Å². The average molecular weight is 470 g/mol. The maximum atomic E-state index is 14.0. The largest absolute Gasteiger partial charge is 0.444 e. The number of nitrogens with zero attached hydrogens (tertiary/aromatic N) is 1. The maximum Gasteiger partial charge on any atom is 0.408 e. The smallest absolute Gasteiger partial charge is 0.408 e. The Morgan fingerprint density at radius 2 is 1.71 bits per heavy atom. The van der Waals surface area contributed by atoms with Gasteiger partial charge in [-0.1, -0.05) is 38.3 Å². The molecule has 3 unspecified atom stereocenters. The van der Waals surface area contributed by atoms with Crippen LogP contribution in [-0.4, -0.2) is 46.5 Å². The summed E-state index contributed by atoms with van der Waals surface area (Å²) in [6.45, 7) is 13.0. The lowest BCUT2D eigenvalue weighted by atomic mass is 9.95. The Balaban J connectivity index is 2.46. The molecule has 3 atom stereocenters. The summed E-state index contributed by atoms with van der Waals surface area (Å²) in [5, 5.41) is 5.74. The number of carbonyl (C=O) groups is 3. The van der Waals surface area contributed by atoms with Gasteiger partial charge in [0.15, 0.2) is 0 Å². The quantitative estimate of drug-likeness (QED) is 0.532. The summed E-state index contributed by atoms with van der Waals surface area (Å²) < 4.78 is 5.42. The van der Waals surface area contributed by atoms with Crippen LogP contribution >= 0.6 is 0 Å². The number of hydrogen-bond acceptors (Lipinski definition) is 4. The number of nitrogens with one attached hydrogen (secondary N) is 2. The third-order valence-electron chi connectivity index (χ3n) is 5.70. The number of amides is 3. The van der Waals surface area contributed by atoms with Crippen LogP contribution in [0.4, 0.5) is 4.79 Å². The Hall–Kier alpha value is -3.01. The van der Waals surface area contributed by atoms with Crippen LogP contribution in [0.15, 0.2) is 24.3 Å². The van der Waals surface area contributed by atoms with Crippen LogP contribution in [0.5, 0.6) is 0 Å². The zero-order valence-electron chi connectivity index (χ0n) is 21.5. The van der Waals surface area contributed by atoms with E-state index in [1.165, 1.54) is 0 Å². The number of alkyl carbamates (subject to hydrolysis) is 1. The Kier molecular flexibility index (Phi) is 9.14. The lowest BCUT2D eigenvalue weighted by Gasteiger charge is -2.36. The van der Waals surface area contributed by atoms with E-state index in [0.717, 1.165) is 12.8 Å². The summed E-state index contributed by atoms with van der Waals surface area (Å²) in [5.41, 5.74) is 0.680. The highest BCUT2D eigenvalue weighted by Crippen LogP contribution is 2.36. The summed E-state index contributed by atoms with van der Waals surface area (Å²) in [7, 11) is 0.